The number of aliphatic hydroxyl groups excluding tert-OH is 2. The number of likely N-dealkylation sites (N-methyl/N-ethyl adjacent to an activating group) is 2. The van der Waals surface area contributed by atoms with E-state index in [9.17, 15) is 10.2 Å². The van der Waals surface area contributed by atoms with E-state index in [1.54, 1.807) is 0 Å². The van der Waals surface area contributed by atoms with Gasteiger partial charge in [0.05, 0.1) is 55.0 Å². The molecule has 0 heterocycles. The van der Waals surface area contributed by atoms with Crippen LogP contribution in [-0.2, 0) is 4.74 Å². The van der Waals surface area contributed by atoms with Crippen molar-refractivity contribution in [3.8, 4) is 0 Å². The van der Waals surface area contributed by atoms with Crippen LogP contribution in [0.5, 0.6) is 0 Å². The van der Waals surface area contributed by atoms with Crippen molar-refractivity contribution >= 4 is 0 Å². The molecule has 30 heavy (non-hydrogen) atoms. The minimum Gasteiger partial charge on any atom is -1.00 e. The highest BCUT2D eigenvalue weighted by molar-refractivity contribution is 4.56. The Labute approximate surface area is 200 Å². The molecule has 2 atom stereocenters. The predicted octanol–water partition coefficient (Wildman–Crippen LogP) is -2.56. The highest BCUT2D eigenvalue weighted by atomic mass is 35.5. The molecule has 0 aliphatic carbocycles. The van der Waals surface area contributed by atoms with Crippen LogP contribution in [0.2, 0.25) is 0 Å². The third-order valence-corrected chi connectivity index (χ3v) is 5.20. The maximum atomic E-state index is 10.3. The van der Waals surface area contributed by atoms with Gasteiger partial charge in [0.25, 0.3) is 0 Å². The molecule has 2 unspecified atom stereocenters. The van der Waals surface area contributed by atoms with E-state index in [1.807, 2.05) is 21.1 Å². The molecule has 7 heteroatoms. The maximum absolute atomic E-state index is 10.3. The van der Waals surface area contributed by atoms with Gasteiger partial charge in [-0.05, 0) is 12.8 Å². The second-order valence-electron chi connectivity index (χ2n) is 10.3. The molecule has 0 saturated carbocycles. The Hall–Kier alpha value is 0.380. The van der Waals surface area contributed by atoms with E-state index in [4.69, 9.17) is 4.74 Å². The van der Waals surface area contributed by atoms with Crippen LogP contribution in [0, 0.1) is 0 Å². The monoisotopic (exact) mass is 474 g/mol. The number of halogens is 2. The van der Waals surface area contributed by atoms with Crippen LogP contribution in [0.15, 0.2) is 0 Å². The molecular weight excluding hydrogens is 423 g/mol. The number of ether oxygens (including phenoxy) is 1. The molecule has 186 valence electrons. The van der Waals surface area contributed by atoms with E-state index < -0.39 is 12.2 Å². The van der Waals surface area contributed by atoms with Crippen molar-refractivity contribution in [1.82, 2.24) is 0 Å². The van der Waals surface area contributed by atoms with Gasteiger partial charge < -0.3 is 48.7 Å². The summed E-state index contributed by atoms with van der Waals surface area (Å²) in [5, 5.41) is 20.2. The summed E-state index contributed by atoms with van der Waals surface area (Å²) in [6, 6.07) is 0. The molecule has 0 saturated heterocycles. The second-order valence-corrected chi connectivity index (χ2v) is 10.3. The molecule has 0 radical (unpaired) electrons. The minimum atomic E-state index is -0.485. The maximum Gasteiger partial charge on any atom is 0.126 e. The lowest BCUT2D eigenvalue weighted by Crippen LogP contribution is -3.00. The summed E-state index contributed by atoms with van der Waals surface area (Å²) in [5.74, 6) is 0. The molecule has 0 aliphatic rings. The van der Waals surface area contributed by atoms with Crippen molar-refractivity contribution in [2.24, 2.45) is 0 Å². The van der Waals surface area contributed by atoms with Gasteiger partial charge in [0, 0.05) is 0 Å². The minimum absolute atomic E-state index is 0. The van der Waals surface area contributed by atoms with Crippen LogP contribution in [0.1, 0.15) is 71.1 Å². The number of nitrogens with zero attached hydrogens (tertiary/aromatic N) is 2. The van der Waals surface area contributed by atoms with Crippen molar-refractivity contribution in [2.75, 3.05) is 68.1 Å². The fourth-order valence-corrected chi connectivity index (χ4v) is 3.77. The van der Waals surface area contributed by atoms with Gasteiger partial charge in [0.15, 0.2) is 0 Å². The van der Waals surface area contributed by atoms with Crippen LogP contribution in [-0.4, -0.2) is 99.5 Å². The number of unbranched alkanes of at least 4 members (excludes halogenated alkanes) is 9. The Morgan fingerprint density at radius 2 is 1.03 bits per heavy atom. The van der Waals surface area contributed by atoms with Crippen LogP contribution in [0.3, 0.4) is 0 Å². The lowest BCUT2D eigenvalue weighted by Gasteiger charge is -2.32. The van der Waals surface area contributed by atoms with Crippen LogP contribution < -0.4 is 24.8 Å². The number of quaternary nitrogens is 2. The lowest BCUT2D eigenvalue weighted by atomic mass is 10.1. The molecule has 0 aliphatic heterocycles. The molecule has 0 bridgehead atoms. The number of aliphatic hydroxyl groups is 2. The van der Waals surface area contributed by atoms with Crippen LogP contribution in [0.25, 0.3) is 0 Å². The Balaban J connectivity index is -0.00000364. The normalized spacial score (nSPS) is 14.0. The van der Waals surface area contributed by atoms with E-state index >= 15 is 0 Å². The predicted molar refractivity (Wildman–Crippen MR) is 119 cm³/mol. The summed E-state index contributed by atoms with van der Waals surface area (Å²) in [6.45, 7) is 5.30. The van der Waals surface area contributed by atoms with Crippen molar-refractivity contribution in [3.63, 3.8) is 0 Å². The summed E-state index contributed by atoms with van der Waals surface area (Å²) in [4.78, 5) is 0. The van der Waals surface area contributed by atoms with E-state index in [0.717, 1.165) is 11.0 Å². The fraction of sp³-hybridized carbons (Fsp3) is 1.00. The quantitative estimate of drug-likeness (QED) is 0.160. The molecule has 2 N–H and O–H groups in total. The zero-order valence-electron chi connectivity index (χ0n) is 20.7. The van der Waals surface area contributed by atoms with Crippen molar-refractivity contribution in [2.45, 2.75) is 83.3 Å². The first-order valence-electron chi connectivity index (χ1n) is 11.6. The molecular formula is C23H52Cl2N2O3. The Morgan fingerprint density at radius 1 is 0.633 bits per heavy atom. The summed E-state index contributed by atoms with van der Waals surface area (Å²) in [6.07, 6.45) is 12.6. The Morgan fingerprint density at radius 3 is 1.47 bits per heavy atom. The molecule has 0 aromatic heterocycles. The van der Waals surface area contributed by atoms with Gasteiger partial charge in [-0.3, -0.25) is 0 Å². The first-order valence-corrected chi connectivity index (χ1v) is 11.6. The molecule has 0 rings (SSSR count). The molecule has 0 spiro atoms. The van der Waals surface area contributed by atoms with Crippen LogP contribution >= 0.6 is 0 Å². The lowest BCUT2D eigenvalue weighted by molar-refractivity contribution is -0.893. The summed E-state index contributed by atoms with van der Waals surface area (Å²) < 4.78 is 7.06. The summed E-state index contributed by atoms with van der Waals surface area (Å²) in [7, 11) is 10.5. The number of rotatable bonds is 19. The Bertz CT molecular complexity index is 367. The van der Waals surface area contributed by atoms with Gasteiger partial charge in [-0.1, -0.05) is 58.3 Å². The fourth-order valence-electron chi connectivity index (χ4n) is 3.77. The SMILES string of the molecule is CCCCCCCCCCCC[N+](C)(C)CC(O)COCC(O)C[N+](C)(C)C.[Cl-].[Cl-]. The zero-order valence-corrected chi connectivity index (χ0v) is 22.2. The van der Waals surface area contributed by atoms with E-state index in [0.29, 0.717) is 30.8 Å². The summed E-state index contributed by atoms with van der Waals surface area (Å²) >= 11 is 0. The molecule has 0 fully saturated rings. The smallest absolute Gasteiger partial charge is 0.126 e. The molecule has 0 aromatic carbocycles. The first kappa shape index (κ1) is 35.0. The molecule has 0 amide bonds. The van der Waals surface area contributed by atoms with Crippen molar-refractivity contribution in [3.05, 3.63) is 0 Å². The summed E-state index contributed by atoms with van der Waals surface area (Å²) in [5.41, 5.74) is 0. The topological polar surface area (TPSA) is 49.7 Å². The largest absolute Gasteiger partial charge is 1.00 e. The highest BCUT2D eigenvalue weighted by Crippen LogP contribution is 2.12. The van der Waals surface area contributed by atoms with E-state index in [-0.39, 0.29) is 24.8 Å². The van der Waals surface area contributed by atoms with Crippen LogP contribution in [0.4, 0.5) is 0 Å². The molecule has 0 aromatic rings. The highest BCUT2D eigenvalue weighted by Gasteiger charge is 2.21. The van der Waals surface area contributed by atoms with Gasteiger partial charge in [0.1, 0.15) is 25.3 Å². The molecule has 5 nitrogen and oxygen atoms in total. The van der Waals surface area contributed by atoms with Crippen molar-refractivity contribution in [1.29, 1.82) is 0 Å². The van der Waals surface area contributed by atoms with Gasteiger partial charge in [-0.15, -0.1) is 0 Å². The third kappa shape index (κ3) is 24.6. The van der Waals surface area contributed by atoms with Gasteiger partial charge in [-0.2, -0.15) is 0 Å². The van der Waals surface area contributed by atoms with Crippen molar-refractivity contribution < 1.29 is 48.7 Å². The van der Waals surface area contributed by atoms with Gasteiger partial charge in [0.2, 0.25) is 0 Å². The Kier molecular flexibility index (Phi) is 23.3. The van der Waals surface area contributed by atoms with E-state index in [1.165, 1.54) is 64.2 Å². The van der Waals surface area contributed by atoms with E-state index in [2.05, 4.69) is 21.0 Å². The third-order valence-electron chi connectivity index (χ3n) is 5.20. The second kappa shape index (κ2) is 20.0. The first-order chi connectivity index (χ1) is 13.1. The standard InChI is InChI=1S/C23H52N2O3.2ClH/c1-7-8-9-10-11-12-13-14-15-16-17-25(5,6)19-23(27)21-28-20-22(26)18-24(2,3)4;;/h22-23,26-27H,7-21H2,1-6H3;2*1H/q+2;;/p-2. The average molecular weight is 476 g/mol. The average Bonchev–Trinajstić information content (AvgIpc) is 2.54. The van der Waals surface area contributed by atoms with Gasteiger partial charge >= 0.3 is 0 Å². The number of hydrogen-bond acceptors (Lipinski definition) is 3. The zero-order chi connectivity index (χ0) is 21.5. The number of hydrogen-bond donors (Lipinski definition) is 2. The van der Waals surface area contributed by atoms with Gasteiger partial charge in [-0.25, -0.2) is 0 Å².